The lowest BCUT2D eigenvalue weighted by atomic mass is 9.94. The summed E-state index contributed by atoms with van der Waals surface area (Å²) in [7, 11) is 0. The minimum atomic E-state index is -0.120. The number of carbonyl (C=O) groups is 1. The monoisotopic (exact) mass is 330 g/mol. The number of fused-ring (bicyclic) bond motifs is 1. The van der Waals surface area contributed by atoms with Crippen LogP contribution in [0.1, 0.15) is 38.7 Å². The van der Waals surface area contributed by atoms with Crippen LogP contribution in [0.15, 0.2) is 24.3 Å². The minimum absolute atomic E-state index is 0.116. The van der Waals surface area contributed by atoms with Crippen molar-refractivity contribution < 1.29 is 4.79 Å². The average Bonchev–Trinajstić information content (AvgIpc) is 2.99. The maximum Gasteiger partial charge on any atom is 0.238 e. The fraction of sp³-hybridized carbons (Fsp3) is 0.632. The molecule has 24 heavy (non-hydrogen) atoms. The molecule has 5 nitrogen and oxygen atoms in total. The SMILES string of the molecule is CCC1NNC(C(=O)NCCCN2CCCc3ccccc32)C1C. The first-order valence-corrected chi connectivity index (χ1v) is 9.32. The molecule has 0 radical (unpaired) electrons. The molecule has 2 aliphatic rings. The highest BCUT2D eigenvalue weighted by molar-refractivity contribution is 5.82. The van der Waals surface area contributed by atoms with Crippen molar-refractivity contribution in [2.45, 2.75) is 51.6 Å². The first-order chi connectivity index (χ1) is 11.7. The van der Waals surface area contributed by atoms with E-state index in [1.165, 1.54) is 24.1 Å². The van der Waals surface area contributed by atoms with Crippen LogP contribution >= 0.6 is 0 Å². The van der Waals surface area contributed by atoms with E-state index in [2.05, 4.69) is 59.2 Å². The van der Waals surface area contributed by atoms with Gasteiger partial charge in [0, 0.05) is 31.4 Å². The Morgan fingerprint density at radius 1 is 1.33 bits per heavy atom. The molecule has 1 amide bonds. The lowest BCUT2D eigenvalue weighted by Gasteiger charge is -2.31. The second-order valence-corrected chi connectivity index (χ2v) is 7.00. The van der Waals surface area contributed by atoms with Crippen LogP contribution in [0.5, 0.6) is 0 Å². The standard InChI is InChI=1S/C19H30N4O/c1-3-16-14(2)18(22-21-16)19(24)20-11-7-13-23-12-6-9-15-8-4-5-10-17(15)23/h4-5,8,10,14,16,18,21-22H,3,6-7,9,11-13H2,1-2H3,(H,20,24). The zero-order valence-electron chi connectivity index (χ0n) is 14.8. The number of carbonyl (C=O) groups excluding carboxylic acids is 1. The molecule has 3 N–H and O–H groups in total. The van der Waals surface area contributed by atoms with Gasteiger partial charge >= 0.3 is 0 Å². The van der Waals surface area contributed by atoms with Crippen LogP contribution in [-0.2, 0) is 11.2 Å². The van der Waals surface area contributed by atoms with Gasteiger partial charge in [0.15, 0.2) is 0 Å². The van der Waals surface area contributed by atoms with Gasteiger partial charge in [-0.05, 0) is 43.2 Å². The number of benzene rings is 1. The van der Waals surface area contributed by atoms with E-state index in [9.17, 15) is 4.79 Å². The molecule has 3 rings (SSSR count). The van der Waals surface area contributed by atoms with E-state index in [4.69, 9.17) is 0 Å². The molecule has 3 atom stereocenters. The third kappa shape index (κ3) is 3.73. The molecule has 0 aromatic heterocycles. The Balaban J connectivity index is 1.43. The lowest BCUT2D eigenvalue weighted by Crippen LogP contribution is -2.45. The van der Waals surface area contributed by atoms with Crippen molar-refractivity contribution in [2.24, 2.45) is 5.92 Å². The molecule has 2 aliphatic heterocycles. The zero-order valence-corrected chi connectivity index (χ0v) is 14.8. The van der Waals surface area contributed by atoms with Crippen LogP contribution in [0.25, 0.3) is 0 Å². The van der Waals surface area contributed by atoms with E-state index in [1.807, 2.05) is 0 Å². The Hall–Kier alpha value is -1.59. The summed E-state index contributed by atoms with van der Waals surface area (Å²) in [5.74, 6) is 0.439. The quantitative estimate of drug-likeness (QED) is 0.697. The predicted molar refractivity (Wildman–Crippen MR) is 97.9 cm³/mol. The van der Waals surface area contributed by atoms with E-state index >= 15 is 0 Å². The van der Waals surface area contributed by atoms with Crippen molar-refractivity contribution in [3.05, 3.63) is 29.8 Å². The fourth-order valence-corrected chi connectivity index (χ4v) is 3.91. The highest BCUT2D eigenvalue weighted by atomic mass is 16.2. The Labute approximate surface area is 145 Å². The molecular formula is C19H30N4O. The normalized spacial score (nSPS) is 26.2. The summed E-state index contributed by atoms with van der Waals surface area (Å²) in [4.78, 5) is 14.8. The van der Waals surface area contributed by atoms with Gasteiger partial charge in [-0.25, -0.2) is 5.43 Å². The number of hydrazine groups is 1. The Kier molecular flexibility index (Phi) is 5.74. The van der Waals surface area contributed by atoms with Crippen molar-refractivity contribution in [1.29, 1.82) is 0 Å². The van der Waals surface area contributed by atoms with E-state index < -0.39 is 0 Å². The highest BCUT2D eigenvalue weighted by Crippen LogP contribution is 2.26. The van der Waals surface area contributed by atoms with Crippen LogP contribution in [0.3, 0.4) is 0 Å². The summed E-state index contributed by atoms with van der Waals surface area (Å²) >= 11 is 0. The molecule has 1 aromatic rings. The van der Waals surface area contributed by atoms with Gasteiger partial charge in [0.05, 0.1) is 0 Å². The maximum absolute atomic E-state index is 12.3. The van der Waals surface area contributed by atoms with Gasteiger partial charge in [0.25, 0.3) is 0 Å². The highest BCUT2D eigenvalue weighted by Gasteiger charge is 2.35. The largest absolute Gasteiger partial charge is 0.371 e. The van der Waals surface area contributed by atoms with Gasteiger partial charge in [-0.15, -0.1) is 0 Å². The zero-order chi connectivity index (χ0) is 16.9. The summed E-state index contributed by atoms with van der Waals surface area (Å²) in [5.41, 5.74) is 9.18. The number of hydrogen-bond acceptors (Lipinski definition) is 4. The van der Waals surface area contributed by atoms with Gasteiger partial charge in [0.1, 0.15) is 6.04 Å². The molecular weight excluding hydrogens is 300 g/mol. The Bertz CT molecular complexity index is 562. The first-order valence-electron chi connectivity index (χ1n) is 9.32. The smallest absolute Gasteiger partial charge is 0.238 e. The summed E-state index contributed by atoms with van der Waals surface area (Å²) in [5, 5.41) is 3.10. The summed E-state index contributed by atoms with van der Waals surface area (Å²) < 4.78 is 0. The molecule has 2 heterocycles. The van der Waals surface area contributed by atoms with Gasteiger partial charge in [-0.3, -0.25) is 10.2 Å². The van der Waals surface area contributed by atoms with Gasteiger partial charge < -0.3 is 10.2 Å². The van der Waals surface area contributed by atoms with Gasteiger partial charge in [0.2, 0.25) is 5.91 Å². The van der Waals surface area contributed by atoms with Crippen LogP contribution in [0.4, 0.5) is 5.69 Å². The van der Waals surface area contributed by atoms with Crippen molar-refractivity contribution in [2.75, 3.05) is 24.5 Å². The van der Waals surface area contributed by atoms with Crippen molar-refractivity contribution in [3.63, 3.8) is 0 Å². The van der Waals surface area contributed by atoms with E-state index in [0.717, 1.165) is 32.5 Å². The number of aryl methyl sites for hydroxylation is 1. The summed E-state index contributed by atoms with van der Waals surface area (Å²) in [6.45, 7) is 7.14. The van der Waals surface area contributed by atoms with Crippen molar-refractivity contribution >= 4 is 11.6 Å². The lowest BCUT2D eigenvalue weighted by molar-refractivity contribution is -0.123. The van der Waals surface area contributed by atoms with Gasteiger partial charge in [-0.2, -0.15) is 0 Å². The second-order valence-electron chi connectivity index (χ2n) is 7.00. The molecule has 1 fully saturated rings. The molecule has 3 unspecified atom stereocenters. The topological polar surface area (TPSA) is 56.4 Å². The minimum Gasteiger partial charge on any atom is -0.371 e. The number of nitrogens with zero attached hydrogens (tertiary/aromatic N) is 1. The maximum atomic E-state index is 12.3. The Morgan fingerprint density at radius 2 is 2.17 bits per heavy atom. The number of rotatable bonds is 6. The molecule has 5 heteroatoms. The first kappa shape index (κ1) is 17.2. The molecule has 1 saturated heterocycles. The molecule has 0 spiro atoms. The molecule has 1 aromatic carbocycles. The van der Waals surface area contributed by atoms with E-state index in [0.29, 0.717) is 12.0 Å². The summed E-state index contributed by atoms with van der Waals surface area (Å²) in [6, 6.07) is 8.94. The number of anilines is 1. The number of amides is 1. The fourth-order valence-electron chi connectivity index (χ4n) is 3.91. The number of nitrogens with one attached hydrogen (secondary N) is 3. The molecule has 0 bridgehead atoms. The molecule has 132 valence electrons. The Morgan fingerprint density at radius 3 is 2.96 bits per heavy atom. The van der Waals surface area contributed by atoms with E-state index in [1.54, 1.807) is 0 Å². The van der Waals surface area contributed by atoms with Crippen LogP contribution < -0.4 is 21.1 Å². The second kappa shape index (κ2) is 7.99. The van der Waals surface area contributed by atoms with Crippen LogP contribution in [-0.4, -0.2) is 37.6 Å². The van der Waals surface area contributed by atoms with Crippen LogP contribution in [0, 0.1) is 5.92 Å². The third-order valence-corrected chi connectivity index (χ3v) is 5.42. The van der Waals surface area contributed by atoms with Gasteiger partial charge in [-0.1, -0.05) is 32.0 Å². The third-order valence-electron chi connectivity index (χ3n) is 5.42. The van der Waals surface area contributed by atoms with Crippen molar-refractivity contribution in [3.8, 4) is 0 Å². The number of hydrogen-bond donors (Lipinski definition) is 3. The van der Waals surface area contributed by atoms with Crippen LogP contribution in [0.2, 0.25) is 0 Å². The van der Waals surface area contributed by atoms with E-state index in [-0.39, 0.29) is 11.9 Å². The molecule has 0 saturated carbocycles. The number of para-hydroxylation sites is 1. The van der Waals surface area contributed by atoms with Crippen molar-refractivity contribution in [1.82, 2.24) is 16.2 Å². The molecule has 0 aliphatic carbocycles. The summed E-state index contributed by atoms with van der Waals surface area (Å²) in [6.07, 6.45) is 4.41. The predicted octanol–water partition coefficient (Wildman–Crippen LogP) is 1.84. The average molecular weight is 330 g/mol.